The van der Waals surface area contributed by atoms with Crippen molar-refractivity contribution >= 4 is 33.1 Å². The van der Waals surface area contributed by atoms with Crippen molar-refractivity contribution in [3.05, 3.63) is 57.7 Å². The van der Waals surface area contributed by atoms with Gasteiger partial charge in [0.1, 0.15) is 5.69 Å². The molecule has 0 aliphatic rings. The van der Waals surface area contributed by atoms with Crippen molar-refractivity contribution in [1.29, 1.82) is 0 Å². The van der Waals surface area contributed by atoms with Crippen LogP contribution in [0, 0.1) is 4.91 Å². The molecule has 0 radical (unpaired) electrons. The average molecular weight is 279 g/mol. The number of aromatic hydroxyl groups is 1. The van der Waals surface area contributed by atoms with E-state index in [0.717, 1.165) is 0 Å². The van der Waals surface area contributed by atoms with Crippen LogP contribution in [0.1, 0.15) is 0 Å². The van der Waals surface area contributed by atoms with Crippen molar-refractivity contribution in [3.63, 3.8) is 0 Å². The normalized spacial score (nSPS) is 11.4. The third-order valence-corrected chi connectivity index (χ3v) is 3.64. The van der Waals surface area contributed by atoms with Crippen LogP contribution in [0.4, 0.5) is 5.69 Å². The third-order valence-electron chi connectivity index (χ3n) is 3.64. The average Bonchev–Trinajstić information content (AvgIpc) is 2.80. The van der Waals surface area contributed by atoms with Gasteiger partial charge >= 0.3 is 0 Å². The number of aromatic nitrogens is 2. The van der Waals surface area contributed by atoms with E-state index >= 15 is 0 Å². The lowest BCUT2D eigenvalue weighted by atomic mass is 10.2. The summed E-state index contributed by atoms with van der Waals surface area (Å²) < 4.78 is 1.40. The smallest absolute Gasteiger partial charge is 0.266 e. The van der Waals surface area contributed by atoms with Crippen molar-refractivity contribution in [3.8, 4) is 5.75 Å². The van der Waals surface area contributed by atoms with Crippen LogP contribution < -0.4 is 5.56 Å². The van der Waals surface area contributed by atoms with E-state index in [1.807, 2.05) is 6.07 Å². The van der Waals surface area contributed by atoms with Gasteiger partial charge < -0.3 is 10.1 Å². The lowest BCUT2D eigenvalue weighted by Crippen LogP contribution is -2.13. The predicted octanol–water partition coefficient (Wildman–Crippen LogP) is 3.04. The summed E-state index contributed by atoms with van der Waals surface area (Å²) in [5.41, 5.74) is 1.45. The molecular formula is C15H9N3O3. The van der Waals surface area contributed by atoms with E-state index in [2.05, 4.69) is 10.2 Å². The summed E-state index contributed by atoms with van der Waals surface area (Å²) in [6, 6.07) is 11.7. The zero-order valence-electron chi connectivity index (χ0n) is 10.7. The minimum absolute atomic E-state index is 0.0710. The molecule has 6 nitrogen and oxygen atoms in total. The number of rotatable bonds is 1. The molecule has 0 bridgehead atoms. The number of fused-ring (bicyclic) bond motifs is 4. The highest BCUT2D eigenvalue weighted by molar-refractivity contribution is 5.97. The fraction of sp³-hybridized carbons (Fsp3) is 0. The lowest BCUT2D eigenvalue weighted by molar-refractivity contribution is 0.486. The van der Waals surface area contributed by atoms with E-state index in [9.17, 15) is 14.8 Å². The van der Waals surface area contributed by atoms with Crippen LogP contribution in [-0.4, -0.2) is 14.5 Å². The van der Waals surface area contributed by atoms with Crippen molar-refractivity contribution in [2.45, 2.75) is 0 Å². The minimum Gasteiger partial charge on any atom is -0.504 e. The molecule has 0 spiro atoms. The first-order chi connectivity index (χ1) is 10.2. The SMILES string of the molecule is O=Nc1ccc2c(c1)c(O)c1[nH]c3ccccc3c(=O)n12. The number of hydrogen-bond acceptors (Lipinski definition) is 4. The molecule has 4 rings (SSSR count). The first-order valence-electron chi connectivity index (χ1n) is 6.32. The molecule has 2 aromatic carbocycles. The Balaban J connectivity index is 2.33. The molecule has 0 atom stereocenters. The molecule has 0 amide bonds. The van der Waals surface area contributed by atoms with E-state index in [-0.39, 0.29) is 17.0 Å². The summed E-state index contributed by atoms with van der Waals surface area (Å²) in [6.45, 7) is 0. The van der Waals surface area contributed by atoms with Crippen LogP contribution in [0.5, 0.6) is 5.75 Å². The molecule has 102 valence electrons. The van der Waals surface area contributed by atoms with Gasteiger partial charge in [-0.05, 0) is 35.5 Å². The Morgan fingerprint density at radius 2 is 1.90 bits per heavy atom. The van der Waals surface area contributed by atoms with Gasteiger partial charge in [-0.3, -0.25) is 9.20 Å². The monoisotopic (exact) mass is 279 g/mol. The number of nitrogens with one attached hydrogen (secondary N) is 1. The number of para-hydroxylation sites is 1. The van der Waals surface area contributed by atoms with Gasteiger partial charge in [-0.2, -0.15) is 0 Å². The topological polar surface area (TPSA) is 86.9 Å². The molecule has 0 aliphatic heterocycles. The summed E-state index contributed by atoms with van der Waals surface area (Å²) in [6.07, 6.45) is 0. The Labute approximate surface area is 117 Å². The molecule has 0 fully saturated rings. The highest BCUT2D eigenvalue weighted by Crippen LogP contribution is 2.33. The van der Waals surface area contributed by atoms with Crippen LogP contribution >= 0.6 is 0 Å². The first-order valence-corrected chi connectivity index (χ1v) is 6.32. The second-order valence-electron chi connectivity index (χ2n) is 4.80. The molecule has 2 N–H and O–H groups in total. The summed E-state index contributed by atoms with van der Waals surface area (Å²) >= 11 is 0. The Hall–Kier alpha value is -3.15. The van der Waals surface area contributed by atoms with Gasteiger partial charge in [0.25, 0.3) is 5.56 Å². The molecule has 21 heavy (non-hydrogen) atoms. The van der Waals surface area contributed by atoms with Gasteiger partial charge in [0.2, 0.25) is 0 Å². The van der Waals surface area contributed by atoms with Gasteiger partial charge in [-0.15, -0.1) is 4.91 Å². The maximum Gasteiger partial charge on any atom is 0.266 e. The summed E-state index contributed by atoms with van der Waals surface area (Å²) in [4.78, 5) is 26.3. The van der Waals surface area contributed by atoms with Crippen LogP contribution in [0.3, 0.4) is 0 Å². The van der Waals surface area contributed by atoms with Gasteiger partial charge in [0, 0.05) is 5.39 Å². The molecule has 0 aliphatic carbocycles. The van der Waals surface area contributed by atoms with Crippen molar-refractivity contribution < 1.29 is 5.11 Å². The highest BCUT2D eigenvalue weighted by atomic mass is 16.3. The maximum absolute atomic E-state index is 12.6. The standard InChI is InChI=1S/C15H9N3O3/c19-13-10-7-8(17-21)5-6-12(10)18-14(13)16-11-4-2-1-3-9(11)15(18)20/h1-7,16,19H. The van der Waals surface area contributed by atoms with Crippen LogP contribution in [0.25, 0.3) is 27.5 Å². The number of H-pyrrole nitrogens is 1. The maximum atomic E-state index is 12.6. The lowest BCUT2D eigenvalue weighted by Gasteiger charge is -2.01. The van der Waals surface area contributed by atoms with E-state index in [0.29, 0.717) is 27.5 Å². The van der Waals surface area contributed by atoms with Crippen molar-refractivity contribution in [2.24, 2.45) is 5.18 Å². The van der Waals surface area contributed by atoms with Crippen molar-refractivity contribution in [2.75, 3.05) is 0 Å². The number of nitroso groups, excluding NO2 is 1. The van der Waals surface area contributed by atoms with Gasteiger partial charge in [0.05, 0.1) is 16.4 Å². The molecule has 0 saturated heterocycles. The predicted molar refractivity (Wildman–Crippen MR) is 80.1 cm³/mol. The number of hydrogen-bond donors (Lipinski definition) is 2. The van der Waals surface area contributed by atoms with Crippen LogP contribution in [-0.2, 0) is 0 Å². The second-order valence-corrected chi connectivity index (χ2v) is 4.80. The zero-order valence-corrected chi connectivity index (χ0v) is 10.7. The van der Waals surface area contributed by atoms with E-state index < -0.39 is 0 Å². The second kappa shape index (κ2) is 3.92. The molecule has 0 unspecified atom stereocenters. The Bertz CT molecular complexity index is 1090. The minimum atomic E-state index is -0.225. The Kier molecular flexibility index (Phi) is 2.18. The molecular weight excluding hydrogens is 270 g/mol. The fourth-order valence-corrected chi connectivity index (χ4v) is 2.67. The molecule has 2 aromatic heterocycles. The molecule has 6 heteroatoms. The zero-order chi connectivity index (χ0) is 14.6. The van der Waals surface area contributed by atoms with E-state index in [1.54, 1.807) is 24.3 Å². The summed E-state index contributed by atoms with van der Waals surface area (Å²) in [5, 5.41) is 14.1. The molecule has 2 heterocycles. The van der Waals surface area contributed by atoms with Gasteiger partial charge in [-0.25, -0.2) is 0 Å². The van der Waals surface area contributed by atoms with E-state index in [4.69, 9.17) is 0 Å². The largest absolute Gasteiger partial charge is 0.504 e. The third kappa shape index (κ3) is 1.44. The molecule has 4 aromatic rings. The highest BCUT2D eigenvalue weighted by Gasteiger charge is 2.16. The first kappa shape index (κ1) is 11.7. The number of nitrogens with zero attached hydrogens (tertiary/aromatic N) is 2. The molecule has 0 saturated carbocycles. The Morgan fingerprint density at radius 3 is 2.71 bits per heavy atom. The van der Waals surface area contributed by atoms with Gasteiger partial charge in [0.15, 0.2) is 11.4 Å². The van der Waals surface area contributed by atoms with Crippen molar-refractivity contribution in [1.82, 2.24) is 9.38 Å². The fourth-order valence-electron chi connectivity index (χ4n) is 2.67. The van der Waals surface area contributed by atoms with E-state index in [1.165, 1.54) is 16.5 Å². The number of benzene rings is 2. The van der Waals surface area contributed by atoms with Gasteiger partial charge in [-0.1, -0.05) is 12.1 Å². The quantitative estimate of drug-likeness (QED) is 0.525. The summed E-state index contributed by atoms with van der Waals surface area (Å²) in [5.74, 6) is -0.0710. The number of aromatic amines is 1. The van der Waals surface area contributed by atoms with Crippen LogP contribution in [0.15, 0.2) is 52.4 Å². The summed E-state index contributed by atoms with van der Waals surface area (Å²) in [7, 11) is 0. The van der Waals surface area contributed by atoms with Crippen LogP contribution in [0.2, 0.25) is 0 Å². The Morgan fingerprint density at radius 1 is 1.10 bits per heavy atom.